The van der Waals surface area contributed by atoms with E-state index in [-0.39, 0.29) is 12.1 Å². The summed E-state index contributed by atoms with van der Waals surface area (Å²) < 4.78 is 5.22. The molecule has 20 heavy (non-hydrogen) atoms. The second kappa shape index (κ2) is 6.17. The van der Waals surface area contributed by atoms with Gasteiger partial charge in [-0.2, -0.15) is 0 Å². The van der Waals surface area contributed by atoms with Crippen molar-refractivity contribution in [2.75, 3.05) is 0 Å². The molecule has 1 aliphatic rings. The van der Waals surface area contributed by atoms with E-state index in [9.17, 15) is 4.79 Å². The average molecular weight is 278 g/mol. The molecule has 0 aromatic carbocycles. The first kappa shape index (κ1) is 14.7. The minimum absolute atomic E-state index is 0.203. The third-order valence-corrected chi connectivity index (χ3v) is 3.07. The number of alkyl carbamates (subject to hydrolysis) is 1. The third-order valence-electron chi connectivity index (χ3n) is 3.07. The number of hydrogen-bond donors (Lipinski definition) is 2. The lowest BCUT2D eigenvalue weighted by Gasteiger charge is -2.36. The second-order valence-corrected chi connectivity index (χ2v) is 6.14. The van der Waals surface area contributed by atoms with E-state index in [1.54, 1.807) is 12.4 Å². The highest BCUT2D eigenvalue weighted by Crippen LogP contribution is 2.21. The number of nitrogens with zero attached hydrogens (tertiary/aromatic N) is 2. The van der Waals surface area contributed by atoms with Gasteiger partial charge < -0.3 is 15.4 Å². The quantitative estimate of drug-likeness (QED) is 0.875. The molecule has 1 saturated carbocycles. The summed E-state index contributed by atoms with van der Waals surface area (Å²) in [4.78, 5) is 19.5. The van der Waals surface area contributed by atoms with Crippen LogP contribution in [0, 0.1) is 0 Å². The summed E-state index contributed by atoms with van der Waals surface area (Å²) in [6.45, 7) is 6.34. The van der Waals surface area contributed by atoms with Crippen molar-refractivity contribution in [1.29, 1.82) is 0 Å². The molecule has 1 aromatic heterocycles. The lowest BCUT2D eigenvalue weighted by atomic mass is 9.87. The molecule has 6 heteroatoms. The van der Waals surface area contributed by atoms with Gasteiger partial charge in [0.2, 0.25) is 0 Å². The van der Waals surface area contributed by atoms with E-state index >= 15 is 0 Å². The van der Waals surface area contributed by atoms with Gasteiger partial charge in [0.1, 0.15) is 11.9 Å². The van der Waals surface area contributed by atoms with Crippen molar-refractivity contribution in [2.45, 2.75) is 57.8 Å². The maximum Gasteiger partial charge on any atom is 0.407 e. The summed E-state index contributed by atoms with van der Waals surface area (Å²) in [5, 5.41) is 6.29. The molecular formula is C14H22N4O2. The first-order valence-corrected chi connectivity index (χ1v) is 6.89. The minimum Gasteiger partial charge on any atom is -0.444 e. The van der Waals surface area contributed by atoms with E-state index in [1.165, 1.54) is 6.33 Å². The number of amides is 1. The van der Waals surface area contributed by atoms with Crippen molar-refractivity contribution in [1.82, 2.24) is 20.6 Å². The van der Waals surface area contributed by atoms with Gasteiger partial charge in [-0.15, -0.1) is 0 Å². The third kappa shape index (κ3) is 4.77. The Kier molecular flexibility index (Phi) is 4.54. The van der Waals surface area contributed by atoms with Crippen molar-refractivity contribution < 1.29 is 9.53 Å². The molecular weight excluding hydrogens is 256 g/mol. The Labute approximate surface area is 119 Å². The molecule has 1 amide bonds. The standard InChI is InChI=1S/C14H22N4O2/c1-14(2,3)20-13(19)18-12-4-11(5-12)17-8-10-6-15-9-16-7-10/h6-7,9,11-12,17H,4-5,8H2,1-3H3,(H,18,19). The zero-order chi connectivity index (χ0) is 14.6. The highest BCUT2D eigenvalue weighted by molar-refractivity contribution is 5.68. The molecule has 6 nitrogen and oxygen atoms in total. The molecule has 1 aliphatic carbocycles. The number of rotatable bonds is 4. The van der Waals surface area contributed by atoms with Gasteiger partial charge in [0, 0.05) is 36.6 Å². The first-order chi connectivity index (χ1) is 9.42. The molecule has 0 spiro atoms. The van der Waals surface area contributed by atoms with Crippen LogP contribution in [0.5, 0.6) is 0 Å². The van der Waals surface area contributed by atoms with Crippen molar-refractivity contribution in [3.63, 3.8) is 0 Å². The van der Waals surface area contributed by atoms with Gasteiger partial charge in [0.25, 0.3) is 0 Å². The fraction of sp³-hybridized carbons (Fsp3) is 0.643. The molecule has 2 N–H and O–H groups in total. The van der Waals surface area contributed by atoms with Crippen molar-refractivity contribution >= 4 is 6.09 Å². The Morgan fingerprint density at radius 3 is 2.55 bits per heavy atom. The van der Waals surface area contributed by atoms with Crippen molar-refractivity contribution in [3.8, 4) is 0 Å². The Morgan fingerprint density at radius 2 is 1.95 bits per heavy atom. The summed E-state index contributed by atoms with van der Waals surface area (Å²) in [5.41, 5.74) is 0.620. The molecule has 0 bridgehead atoms. The van der Waals surface area contributed by atoms with E-state index < -0.39 is 5.60 Å². The van der Waals surface area contributed by atoms with Crippen LogP contribution >= 0.6 is 0 Å². The summed E-state index contributed by atoms with van der Waals surface area (Å²) >= 11 is 0. The smallest absolute Gasteiger partial charge is 0.407 e. The van der Waals surface area contributed by atoms with Crippen LogP contribution in [0.1, 0.15) is 39.2 Å². The molecule has 0 unspecified atom stereocenters. The van der Waals surface area contributed by atoms with Gasteiger partial charge in [0.15, 0.2) is 0 Å². The molecule has 2 rings (SSSR count). The zero-order valence-electron chi connectivity index (χ0n) is 12.2. The molecule has 0 atom stereocenters. The van der Waals surface area contributed by atoms with Gasteiger partial charge >= 0.3 is 6.09 Å². The van der Waals surface area contributed by atoms with Crippen LogP contribution in [0.4, 0.5) is 4.79 Å². The second-order valence-electron chi connectivity index (χ2n) is 6.14. The lowest BCUT2D eigenvalue weighted by Crippen LogP contribution is -2.52. The van der Waals surface area contributed by atoms with Crippen molar-refractivity contribution in [2.24, 2.45) is 0 Å². The topological polar surface area (TPSA) is 76.1 Å². The number of carbonyl (C=O) groups is 1. The molecule has 1 fully saturated rings. The number of aromatic nitrogens is 2. The minimum atomic E-state index is -0.446. The van der Waals surface area contributed by atoms with Gasteiger partial charge in [-0.3, -0.25) is 0 Å². The van der Waals surface area contributed by atoms with Gasteiger partial charge in [0.05, 0.1) is 0 Å². The first-order valence-electron chi connectivity index (χ1n) is 6.89. The monoisotopic (exact) mass is 278 g/mol. The summed E-state index contributed by atoms with van der Waals surface area (Å²) in [6.07, 6.45) is 6.63. The summed E-state index contributed by atoms with van der Waals surface area (Å²) in [6, 6.07) is 0.629. The van der Waals surface area contributed by atoms with E-state index in [4.69, 9.17) is 4.74 Å². The largest absolute Gasteiger partial charge is 0.444 e. The zero-order valence-corrected chi connectivity index (χ0v) is 12.2. The van der Waals surface area contributed by atoms with Crippen LogP contribution in [-0.4, -0.2) is 33.7 Å². The fourth-order valence-corrected chi connectivity index (χ4v) is 2.06. The SMILES string of the molecule is CC(C)(C)OC(=O)NC1CC(NCc2cncnc2)C1. The normalized spacial score (nSPS) is 21.9. The average Bonchev–Trinajstić information content (AvgIpc) is 2.31. The molecule has 1 heterocycles. The van der Waals surface area contributed by atoms with Gasteiger partial charge in [-0.1, -0.05) is 0 Å². The van der Waals surface area contributed by atoms with Crippen LogP contribution in [-0.2, 0) is 11.3 Å². The maximum atomic E-state index is 11.6. The maximum absolute atomic E-state index is 11.6. The highest BCUT2D eigenvalue weighted by Gasteiger charge is 2.31. The van der Waals surface area contributed by atoms with Crippen LogP contribution in [0.15, 0.2) is 18.7 Å². The van der Waals surface area contributed by atoms with Crippen LogP contribution < -0.4 is 10.6 Å². The van der Waals surface area contributed by atoms with Crippen LogP contribution in [0.3, 0.4) is 0 Å². The van der Waals surface area contributed by atoms with Gasteiger partial charge in [-0.25, -0.2) is 14.8 Å². The predicted octanol–water partition coefficient (Wildman–Crippen LogP) is 1.62. The Morgan fingerprint density at radius 1 is 1.30 bits per heavy atom. The summed E-state index contributed by atoms with van der Waals surface area (Å²) in [7, 11) is 0. The van der Waals surface area contributed by atoms with E-state index in [0.29, 0.717) is 6.04 Å². The molecule has 0 saturated heterocycles. The van der Waals surface area contributed by atoms with Crippen molar-refractivity contribution in [3.05, 3.63) is 24.3 Å². The lowest BCUT2D eigenvalue weighted by molar-refractivity contribution is 0.0465. The fourth-order valence-electron chi connectivity index (χ4n) is 2.06. The summed E-state index contributed by atoms with van der Waals surface area (Å²) in [5.74, 6) is 0. The number of ether oxygens (including phenoxy) is 1. The molecule has 110 valence electrons. The number of nitrogens with one attached hydrogen (secondary N) is 2. The van der Waals surface area contributed by atoms with Gasteiger partial charge in [-0.05, 0) is 33.6 Å². The molecule has 0 aliphatic heterocycles. The van der Waals surface area contributed by atoms with E-state index in [2.05, 4.69) is 20.6 Å². The number of carbonyl (C=O) groups excluding carboxylic acids is 1. The molecule has 0 radical (unpaired) electrons. The Bertz CT molecular complexity index is 438. The van der Waals surface area contributed by atoms with E-state index in [1.807, 2.05) is 20.8 Å². The Balaban J connectivity index is 1.62. The number of hydrogen-bond acceptors (Lipinski definition) is 5. The van der Waals surface area contributed by atoms with E-state index in [0.717, 1.165) is 24.9 Å². The molecule has 1 aromatic rings. The highest BCUT2D eigenvalue weighted by atomic mass is 16.6. The predicted molar refractivity (Wildman–Crippen MR) is 75.1 cm³/mol. The van der Waals surface area contributed by atoms with Crippen LogP contribution in [0.2, 0.25) is 0 Å². The van der Waals surface area contributed by atoms with Crippen LogP contribution in [0.25, 0.3) is 0 Å². The Hall–Kier alpha value is -1.69.